The molecular formula is C11H9F2NS. The van der Waals surface area contributed by atoms with Crippen LogP contribution in [0.5, 0.6) is 0 Å². The Kier molecular flexibility index (Phi) is 2.79. The molecule has 2 N–H and O–H groups in total. The molecule has 0 aliphatic carbocycles. The lowest BCUT2D eigenvalue weighted by Gasteiger charge is -1.99. The number of rotatable bonds is 2. The van der Waals surface area contributed by atoms with Gasteiger partial charge in [-0.2, -0.15) is 0 Å². The second-order valence-corrected chi connectivity index (χ2v) is 4.26. The van der Waals surface area contributed by atoms with Crippen molar-refractivity contribution in [3.05, 3.63) is 46.8 Å². The van der Waals surface area contributed by atoms with Crippen molar-refractivity contribution in [2.45, 2.75) is 6.54 Å². The third-order valence-electron chi connectivity index (χ3n) is 2.06. The maximum absolute atomic E-state index is 13.4. The molecule has 1 aromatic carbocycles. The van der Waals surface area contributed by atoms with Crippen LogP contribution in [0.15, 0.2) is 30.3 Å². The fourth-order valence-electron chi connectivity index (χ4n) is 1.32. The van der Waals surface area contributed by atoms with Gasteiger partial charge in [-0.1, -0.05) is 0 Å². The van der Waals surface area contributed by atoms with E-state index < -0.39 is 11.6 Å². The second kappa shape index (κ2) is 4.08. The van der Waals surface area contributed by atoms with Gasteiger partial charge in [-0.25, -0.2) is 8.78 Å². The molecule has 0 radical (unpaired) electrons. The Morgan fingerprint density at radius 3 is 2.53 bits per heavy atom. The van der Waals surface area contributed by atoms with E-state index in [4.69, 9.17) is 5.73 Å². The Morgan fingerprint density at radius 1 is 1.13 bits per heavy atom. The Balaban J connectivity index is 2.44. The van der Waals surface area contributed by atoms with Gasteiger partial charge in [0.15, 0.2) is 0 Å². The summed E-state index contributed by atoms with van der Waals surface area (Å²) < 4.78 is 26.1. The Bertz CT molecular complexity index is 479. The van der Waals surface area contributed by atoms with Crippen LogP contribution in [0.1, 0.15) is 4.88 Å². The van der Waals surface area contributed by atoms with Crippen molar-refractivity contribution in [2.24, 2.45) is 5.73 Å². The van der Waals surface area contributed by atoms with E-state index in [9.17, 15) is 8.78 Å². The standard InChI is InChI=1S/C11H9F2NS/c12-7-1-3-9(10(13)5-7)11-4-2-8(6-14)15-11/h1-5H,6,14H2. The highest BCUT2D eigenvalue weighted by Crippen LogP contribution is 2.30. The molecule has 0 unspecified atom stereocenters. The average molecular weight is 225 g/mol. The van der Waals surface area contributed by atoms with Gasteiger partial charge in [-0.15, -0.1) is 11.3 Å². The van der Waals surface area contributed by atoms with Crippen molar-refractivity contribution in [1.82, 2.24) is 0 Å². The molecule has 0 bridgehead atoms. The highest BCUT2D eigenvalue weighted by atomic mass is 32.1. The highest BCUT2D eigenvalue weighted by molar-refractivity contribution is 7.15. The minimum absolute atomic E-state index is 0.418. The van der Waals surface area contributed by atoms with Crippen molar-refractivity contribution in [3.63, 3.8) is 0 Å². The van der Waals surface area contributed by atoms with Crippen molar-refractivity contribution < 1.29 is 8.78 Å². The smallest absolute Gasteiger partial charge is 0.134 e. The molecule has 0 saturated heterocycles. The minimum Gasteiger partial charge on any atom is -0.326 e. The fourth-order valence-corrected chi connectivity index (χ4v) is 2.24. The van der Waals surface area contributed by atoms with E-state index in [1.165, 1.54) is 23.5 Å². The summed E-state index contributed by atoms with van der Waals surface area (Å²) in [5, 5.41) is 0. The first-order valence-corrected chi connectivity index (χ1v) is 5.26. The van der Waals surface area contributed by atoms with E-state index in [0.717, 1.165) is 15.8 Å². The Hall–Kier alpha value is -1.26. The van der Waals surface area contributed by atoms with Crippen molar-refractivity contribution in [2.75, 3.05) is 0 Å². The van der Waals surface area contributed by atoms with Crippen LogP contribution in [0.4, 0.5) is 8.78 Å². The summed E-state index contributed by atoms with van der Waals surface area (Å²) in [6.07, 6.45) is 0. The monoisotopic (exact) mass is 225 g/mol. The number of halogens is 2. The van der Waals surface area contributed by atoms with Crippen LogP contribution >= 0.6 is 11.3 Å². The van der Waals surface area contributed by atoms with E-state index in [-0.39, 0.29) is 0 Å². The zero-order chi connectivity index (χ0) is 10.8. The first-order valence-electron chi connectivity index (χ1n) is 4.45. The summed E-state index contributed by atoms with van der Waals surface area (Å²) in [6, 6.07) is 7.22. The first kappa shape index (κ1) is 10.3. The van der Waals surface area contributed by atoms with Crippen molar-refractivity contribution >= 4 is 11.3 Å². The predicted molar refractivity (Wildman–Crippen MR) is 57.6 cm³/mol. The molecule has 0 spiro atoms. The lowest BCUT2D eigenvalue weighted by Crippen LogP contribution is -1.91. The zero-order valence-electron chi connectivity index (χ0n) is 7.84. The first-order chi connectivity index (χ1) is 7.20. The molecule has 0 amide bonds. The van der Waals surface area contributed by atoms with E-state index in [1.54, 1.807) is 6.07 Å². The van der Waals surface area contributed by atoms with E-state index >= 15 is 0 Å². The average Bonchev–Trinajstić information content (AvgIpc) is 2.66. The highest BCUT2D eigenvalue weighted by Gasteiger charge is 2.08. The molecular weight excluding hydrogens is 216 g/mol. The summed E-state index contributed by atoms with van der Waals surface area (Å²) in [5.41, 5.74) is 5.88. The molecule has 0 fully saturated rings. The number of thiophene rings is 1. The number of nitrogens with two attached hydrogens (primary N) is 1. The van der Waals surface area contributed by atoms with Gasteiger partial charge in [0.05, 0.1) is 0 Å². The molecule has 1 nitrogen and oxygen atoms in total. The third kappa shape index (κ3) is 2.06. The lowest BCUT2D eigenvalue weighted by atomic mass is 10.2. The van der Waals surface area contributed by atoms with Gasteiger partial charge in [0.2, 0.25) is 0 Å². The van der Waals surface area contributed by atoms with Gasteiger partial charge < -0.3 is 5.73 Å². The van der Waals surface area contributed by atoms with Gasteiger partial charge in [-0.05, 0) is 24.3 Å². The quantitative estimate of drug-likeness (QED) is 0.834. The van der Waals surface area contributed by atoms with Crippen LogP contribution in [0.3, 0.4) is 0 Å². The maximum atomic E-state index is 13.4. The Morgan fingerprint density at radius 2 is 1.93 bits per heavy atom. The third-order valence-corrected chi connectivity index (χ3v) is 3.20. The second-order valence-electron chi connectivity index (χ2n) is 3.09. The molecule has 0 aliphatic heterocycles. The molecule has 0 aliphatic rings. The van der Waals surface area contributed by atoms with Crippen molar-refractivity contribution in [1.29, 1.82) is 0 Å². The SMILES string of the molecule is NCc1ccc(-c2ccc(F)cc2F)s1. The molecule has 0 saturated carbocycles. The molecule has 2 aromatic rings. The topological polar surface area (TPSA) is 26.0 Å². The van der Waals surface area contributed by atoms with Gasteiger partial charge in [-0.3, -0.25) is 0 Å². The lowest BCUT2D eigenvalue weighted by molar-refractivity contribution is 0.586. The molecule has 1 aromatic heterocycles. The van der Waals surface area contributed by atoms with Crippen LogP contribution in [0, 0.1) is 11.6 Å². The molecule has 1 heterocycles. The van der Waals surface area contributed by atoms with E-state index in [1.807, 2.05) is 6.07 Å². The normalized spacial score (nSPS) is 10.6. The molecule has 15 heavy (non-hydrogen) atoms. The number of hydrogen-bond donors (Lipinski definition) is 1. The largest absolute Gasteiger partial charge is 0.326 e. The minimum atomic E-state index is -0.563. The summed E-state index contributed by atoms with van der Waals surface area (Å²) in [6.45, 7) is 0.438. The molecule has 0 atom stereocenters. The Labute approximate surface area is 90.2 Å². The maximum Gasteiger partial charge on any atom is 0.134 e. The van der Waals surface area contributed by atoms with Gasteiger partial charge in [0, 0.05) is 27.9 Å². The van der Waals surface area contributed by atoms with Gasteiger partial charge >= 0.3 is 0 Å². The van der Waals surface area contributed by atoms with Crippen LogP contribution in [-0.2, 0) is 6.54 Å². The summed E-state index contributed by atoms with van der Waals surface area (Å²) in [5.74, 6) is -1.10. The number of hydrogen-bond acceptors (Lipinski definition) is 2. The van der Waals surface area contributed by atoms with Crippen molar-refractivity contribution in [3.8, 4) is 10.4 Å². The molecule has 78 valence electrons. The van der Waals surface area contributed by atoms with Crippen LogP contribution in [0.25, 0.3) is 10.4 Å². The molecule has 4 heteroatoms. The zero-order valence-corrected chi connectivity index (χ0v) is 8.65. The summed E-state index contributed by atoms with van der Waals surface area (Å²) in [7, 11) is 0. The van der Waals surface area contributed by atoms with Gasteiger partial charge in [0.1, 0.15) is 11.6 Å². The summed E-state index contributed by atoms with van der Waals surface area (Å²) in [4.78, 5) is 1.75. The van der Waals surface area contributed by atoms with Crippen LogP contribution in [0.2, 0.25) is 0 Å². The van der Waals surface area contributed by atoms with E-state index in [0.29, 0.717) is 12.1 Å². The molecule has 2 rings (SSSR count). The van der Waals surface area contributed by atoms with Gasteiger partial charge in [0.25, 0.3) is 0 Å². The van der Waals surface area contributed by atoms with Crippen LogP contribution < -0.4 is 5.73 Å². The van der Waals surface area contributed by atoms with Crippen LogP contribution in [-0.4, -0.2) is 0 Å². The number of benzene rings is 1. The fraction of sp³-hybridized carbons (Fsp3) is 0.0909. The predicted octanol–water partition coefficient (Wildman–Crippen LogP) is 3.15. The summed E-state index contributed by atoms with van der Waals surface area (Å²) >= 11 is 1.42. The van der Waals surface area contributed by atoms with E-state index in [2.05, 4.69) is 0 Å².